The summed E-state index contributed by atoms with van der Waals surface area (Å²) >= 11 is 0. The molecule has 242 valence electrons. The minimum atomic E-state index is -0.307. The van der Waals surface area contributed by atoms with Crippen molar-refractivity contribution in [3.05, 3.63) is 191 Å². The van der Waals surface area contributed by atoms with Crippen molar-refractivity contribution in [2.45, 2.75) is 43.9 Å². The summed E-state index contributed by atoms with van der Waals surface area (Å²) in [5.74, 6) is 1.16. The first kappa shape index (κ1) is 29.1. The van der Waals surface area contributed by atoms with Gasteiger partial charge in [-0.3, -0.25) is 4.99 Å². The first-order valence-electron chi connectivity index (χ1n) is 17.9. The second kappa shape index (κ2) is 11.9. The molecule has 0 saturated heterocycles. The Bertz CT molecular complexity index is 2410. The van der Waals surface area contributed by atoms with Gasteiger partial charge < -0.3 is 14.6 Å². The number of ether oxygens (including phenoxy) is 1. The number of benzene rings is 5. The Kier molecular flexibility index (Phi) is 6.93. The molecule has 2 aliphatic heterocycles. The third kappa shape index (κ3) is 4.70. The van der Waals surface area contributed by atoms with Crippen LogP contribution in [0, 0.1) is 0 Å². The monoisotopic (exact) mass is 647 g/mol. The average Bonchev–Trinajstić information content (AvgIpc) is 3.74. The van der Waals surface area contributed by atoms with Gasteiger partial charge in [0.25, 0.3) is 0 Å². The van der Waals surface area contributed by atoms with E-state index in [9.17, 15) is 0 Å². The van der Waals surface area contributed by atoms with Gasteiger partial charge in [0.2, 0.25) is 0 Å². The van der Waals surface area contributed by atoms with Crippen LogP contribution in [0.25, 0.3) is 27.9 Å². The normalized spacial score (nSPS) is 20.5. The number of hydrogen-bond acceptors (Lipinski definition) is 3. The summed E-state index contributed by atoms with van der Waals surface area (Å²) in [4.78, 5) is 5.43. The highest BCUT2D eigenvalue weighted by atomic mass is 16.5. The van der Waals surface area contributed by atoms with Crippen molar-refractivity contribution < 1.29 is 4.74 Å². The Morgan fingerprint density at radius 3 is 2.36 bits per heavy atom. The molecule has 1 aromatic heterocycles. The largest absolute Gasteiger partial charge is 0.484 e. The standard InChI is InChI=1S/C46H37N3O/c1-2-15-30(16-3-1)39-29-40(38-22-8-12-27-43(38)49-41-25-10-6-18-32(41)33-19-7-11-26-42(33)49)48-46(47-39)37-21-5-4-17-31(37)35-23-14-24-36-34-20-9-13-28-44(34)50-45(35)36/h1-6,8-10,12-18,20-25,27-29,36,45-46,48H,7,11,19,26H2. The van der Waals surface area contributed by atoms with Crippen LogP contribution >= 0.6 is 0 Å². The number of allylic oxidation sites excluding steroid dienone is 3. The van der Waals surface area contributed by atoms with Crippen LogP contribution < -0.4 is 10.1 Å². The van der Waals surface area contributed by atoms with Crippen molar-refractivity contribution >= 4 is 27.9 Å². The molecule has 4 aliphatic rings. The predicted octanol–water partition coefficient (Wildman–Crippen LogP) is 10.1. The highest BCUT2D eigenvalue weighted by molar-refractivity contribution is 6.13. The summed E-state index contributed by atoms with van der Waals surface area (Å²) in [5, 5.41) is 5.33. The maximum Gasteiger partial charge on any atom is 0.146 e. The lowest BCUT2D eigenvalue weighted by Gasteiger charge is -2.30. The number of nitrogens with one attached hydrogen (secondary N) is 1. The molecule has 0 fully saturated rings. The topological polar surface area (TPSA) is 38.5 Å². The molecule has 4 nitrogen and oxygen atoms in total. The van der Waals surface area contributed by atoms with Gasteiger partial charge >= 0.3 is 0 Å². The fourth-order valence-electron chi connectivity index (χ4n) is 8.58. The highest BCUT2D eigenvalue weighted by Crippen LogP contribution is 2.47. The molecule has 0 amide bonds. The van der Waals surface area contributed by atoms with Crippen LogP contribution in [0.2, 0.25) is 0 Å². The summed E-state index contributed by atoms with van der Waals surface area (Å²) in [5.41, 5.74) is 14.5. The molecule has 1 N–H and O–H groups in total. The molecule has 0 bridgehead atoms. The Morgan fingerprint density at radius 2 is 1.44 bits per heavy atom. The summed E-state index contributed by atoms with van der Waals surface area (Å²) in [6, 6.07) is 45.5. The number of para-hydroxylation sites is 3. The van der Waals surface area contributed by atoms with Crippen LogP contribution in [-0.4, -0.2) is 16.4 Å². The van der Waals surface area contributed by atoms with Crippen LogP contribution in [0.5, 0.6) is 5.75 Å². The van der Waals surface area contributed by atoms with E-state index < -0.39 is 0 Å². The van der Waals surface area contributed by atoms with Gasteiger partial charge in [-0.2, -0.15) is 0 Å². The molecule has 3 unspecified atom stereocenters. The second-order valence-electron chi connectivity index (χ2n) is 13.7. The molecule has 0 radical (unpaired) electrons. The first-order chi connectivity index (χ1) is 24.8. The summed E-state index contributed by atoms with van der Waals surface area (Å²) in [7, 11) is 0. The predicted molar refractivity (Wildman–Crippen MR) is 204 cm³/mol. The SMILES string of the molecule is C1=CC2c3ccccc3OC2C(c2ccccc2C2N=C(c3ccccc3)C=C(c3ccccc3-n3c4c(c5ccccc53)CCCC4)N2)=C1. The maximum atomic E-state index is 6.65. The number of nitrogens with zero attached hydrogens (tertiary/aromatic N) is 2. The molecule has 10 rings (SSSR count). The second-order valence-corrected chi connectivity index (χ2v) is 13.7. The maximum absolute atomic E-state index is 6.65. The molecule has 0 saturated carbocycles. The average molecular weight is 648 g/mol. The van der Waals surface area contributed by atoms with E-state index in [1.807, 2.05) is 0 Å². The van der Waals surface area contributed by atoms with Gasteiger partial charge in [-0.1, -0.05) is 127 Å². The zero-order valence-electron chi connectivity index (χ0n) is 27.8. The summed E-state index contributed by atoms with van der Waals surface area (Å²) < 4.78 is 9.18. The Balaban J connectivity index is 1.11. The van der Waals surface area contributed by atoms with Crippen molar-refractivity contribution in [1.29, 1.82) is 0 Å². The quantitative estimate of drug-likeness (QED) is 0.202. The molecule has 3 atom stereocenters. The molecule has 0 spiro atoms. The van der Waals surface area contributed by atoms with Crippen molar-refractivity contribution in [3.8, 4) is 11.4 Å². The molecular formula is C46H37N3O. The Labute approximate surface area is 292 Å². The van der Waals surface area contributed by atoms with Gasteiger partial charge in [0, 0.05) is 45.0 Å². The molecule has 50 heavy (non-hydrogen) atoms. The van der Waals surface area contributed by atoms with Crippen molar-refractivity contribution in [2.24, 2.45) is 4.99 Å². The number of rotatable bonds is 5. The van der Waals surface area contributed by atoms with Crippen molar-refractivity contribution in [2.75, 3.05) is 0 Å². The minimum Gasteiger partial charge on any atom is -0.484 e. The number of hydrogen-bond donors (Lipinski definition) is 1. The minimum absolute atomic E-state index is 0.0800. The highest BCUT2D eigenvalue weighted by Gasteiger charge is 2.38. The van der Waals surface area contributed by atoms with Gasteiger partial charge in [0.1, 0.15) is 18.0 Å². The smallest absolute Gasteiger partial charge is 0.146 e. The number of aryl methyl sites for hydroxylation is 1. The third-order valence-corrected chi connectivity index (χ3v) is 10.9. The van der Waals surface area contributed by atoms with Crippen LogP contribution in [0.15, 0.2) is 157 Å². The van der Waals surface area contributed by atoms with Crippen LogP contribution in [0.4, 0.5) is 0 Å². The van der Waals surface area contributed by atoms with E-state index in [4.69, 9.17) is 9.73 Å². The van der Waals surface area contributed by atoms with E-state index >= 15 is 0 Å². The number of fused-ring (bicyclic) bond motifs is 6. The lowest BCUT2D eigenvalue weighted by atomic mass is 9.82. The Hall–Kier alpha value is -5.87. The number of aromatic nitrogens is 1. The molecule has 4 heteroatoms. The molecule has 3 heterocycles. The third-order valence-electron chi connectivity index (χ3n) is 10.9. The number of aliphatic imine (C=N–C) groups is 1. The van der Waals surface area contributed by atoms with E-state index in [0.717, 1.165) is 46.7 Å². The molecule has 6 aromatic rings. The van der Waals surface area contributed by atoms with E-state index in [0.29, 0.717) is 0 Å². The molecule has 5 aromatic carbocycles. The van der Waals surface area contributed by atoms with Crippen LogP contribution in [0.1, 0.15) is 64.0 Å². The van der Waals surface area contributed by atoms with Gasteiger partial charge in [0.05, 0.1) is 16.9 Å². The van der Waals surface area contributed by atoms with Crippen LogP contribution in [-0.2, 0) is 12.8 Å². The Morgan fingerprint density at radius 1 is 0.700 bits per heavy atom. The van der Waals surface area contributed by atoms with Gasteiger partial charge in [-0.15, -0.1) is 0 Å². The zero-order chi connectivity index (χ0) is 33.0. The fourth-order valence-corrected chi connectivity index (χ4v) is 8.58. The summed E-state index contributed by atoms with van der Waals surface area (Å²) in [6.07, 6.45) is 13.2. The van der Waals surface area contributed by atoms with Gasteiger partial charge in [0.15, 0.2) is 0 Å². The van der Waals surface area contributed by atoms with Crippen molar-refractivity contribution in [3.63, 3.8) is 0 Å². The van der Waals surface area contributed by atoms with Gasteiger partial charge in [-0.25, -0.2) is 0 Å². The fraction of sp³-hybridized carbons (Fsp3) is 0.152. The van der Waals surface area contributed by atoms with E-state index in [-0.39, 0.29) is 18.2 Å². The first-order valence-corrected chi connectivity index (χ1v) is 17.9. The van der Waals surface area contributed by atoms with E-state index in [1.54, 1.807) is 0 Å². The molecular weight excluding hydrogens is 611 g/mol. The van der Waals surface area contributed by atoms with E-state index in [2.05, 4.69) is 162 Å². The summed E-state index contributed by atoms with van der Waals surface area (Å²) in [6.45, 7) is 0. The van der Waals surface area contributed by atoms with Gasteiger partial charge in [-0.05, 0) is 66.6 Å². The molecule has 2 aliphatic carbocycles. The van der Waals surface area contributed by atoms with Crippen molar-refractivity contribution in [1.82, 2.24) is 9.88 Å². The van der Waals surface area contributed by atoms with E-state index in [1.165, 1.54) is 57.4 Å². The zero-order valence-corrected chi connectivity index (χ0v) is 27.8. The van der Waals surface area contributed by atoms with Crippen LogP contribution in [0.3, 0.4) is 0 Å². The lowest BCUT2D eigenvalue weighted by molar-refractivity contribution is 0.278. The lowest BCUT2D eigenvalue weighted by Crippen LogP contribution is -2.28.